The molecule has 0 bridgehead atoms. The normalized spacial score (nSPS) is 12.6. The van der Waals surface area contributed by atoms with E-state index in [1.807, 2.05) is 36.4 Å². The fourth-order valence-corrected chi connectivity index (χ4v) is 2.99. The van der Waals surface area contributed by atoms with E-state index >= 15 is 0 Å². The number of fused-ring (bicyclic) bond motifs is 2. The van der Waals surface area contributed by atoms with Gasteiger partial charge < -0.3 is 19.0 Å². The van der Waals surface area contributed by atoms with Crippen molar-refractivity contribution in [3.63, 3.8) is 0 Å². The van der Waals surface area contributed by atoms with Gasteiger partial charge in [0.15, 0.2) is 23.9 Å². The second kappa shape index (κ2) is 8.65. The molecule has 3 aromatic rings. The highest BCUT2D eigenvalue weighted by Gasteiger charge is 2.15. The maximum absolute atomic E-state index is 12.3. The number of esters is 1. The van der Waals surface area contributed by atoms with Crippen LogP contribution in [0.5, 0.6) is 11.5 Å². The molecule has 0 spiro atoms. The van der Waals surface area contributed by atoms with E-state index in [1.165, 1.54) is 0 Å². The molecule has 0 saturated heterocycles. The summed E-state index contributed by atoms with van der Waals surface area (Å²) >= 11 is 0. The summed E-state index contributed by atoms with van der Waals surface area (Å²) in [6.07, 6.45) is 0. The predicted octanol–water partition coefficient (Wildman–Crippen LogP) is 3.74. The highest BCUT2D eigenvalue weighted by molar-refractivity contribution is 6.01. The Morgan fingerprint density at radius 1 is 0.900 bits per heavy atom. The summed E-state index contributed by atoms with van der Waals surface area (Å²) in [5, 5.41) is 5.90. The molecule has 0 atom stereocenters. The smallest absolute Gasteiger partial charge is 0.347 e. The largest absolute Gasteiger partial charge is 0.455 e. The molecule has 0 aliphatic carbocycles. The molecule has 0 fully saturated rings. The van der Waals surface area contributed by atoms with Crippen molar-refractivity contribution in [2.24, 2.45) is 5.16 Å². The summed E-state index contributed by atoms with van der Waals surface area (Å²) in [4.78, 5) is 29.2. The Morgan fingerprint density at radius 2 is 1.67 bits per heavy atom. The van der Waals surface area contributed by atoms with Gasteiger partial charge >= 0.3 is 5.97 Å². The minimum atomic E-state index is -0.675. The summed E-state index contributed by atoms with van der Waals surface area (Å²) in [6.45, 7) is 1.18. The molecule has 1 aliphatic heterocycles. The SMILES string of the molecule is C/C(=N\OCC(=O)OCC(=O)c1ccc2ccccc2c1)c1ccc2c(c1)OCO2. The number of carbonyl (C=O) groups excluding carboxylic acids is 2. The maximum Gasteiger partial charge on any atom is 0.347 e. The molecule has 0 amide bonds. The molecule has 7 heteroatoms. The fourth-order valence-electron chi connectivity index (χ4n) is 2.99. The second-order valence-corrected chi connectivity index (χ2v) is 6.66. The van der Waals surface area contributed by atoms with Gasteiger partial charge in [-0.3, -0.25) is 4.79 Å². The van der Waals surface area contributed by atoms with Gasteiger partial charge in [0.25, 0.3) is 0 Å². The van der Waals surface area contributed by atoms with Gasteiger partial charge in [-0.25, -0.2) is 4.79 Å². The van der Waals surface area contributed by atoms with Gasteiger partial charge in [-0.2, -0.15) is 0 Å². The highest BCUT2D eigenvalue weighted by atomic mass is 16.7. The van der Waals surface area contributed by atoms with E-state index in [0.29, 0.717) is 22.8 Å². The van der Waals surface area contributed by atoms with Crippen molar-refractivity contribution in [2.45, 2.75) is 6.92 Å². The van der Waals surface area contributed by atoms with Gasteiger partial charge in [-0.05, 0) is 42.0 Å². The second-order valence-electron chi connectivity index (χ2n) is 6.66. The van der Waals surface area contributed by atoms with Crippen LogP contribution in [0.25, 0.3) is 10.8 Å². The summed E-state index contributed by atoms with van der Waals surface area (Å²) in [7, 11) is 0. The number of carbonyl (C=O) groups is 2. The Bertz CT molecular complexity index is 1140. The first kappa shape index (κ1) is 19.4. The molecule has 0 unspecified atom stereocenters. The first-order valence-electron chi connectivity index (χ1n) is 9.34. The lowest BCUT2D eigenvalue weighted by Crippen LogP contribution is -2.17. The molecule has 3 aromatic carbocycles. The molecule has 4 rings (SSSR count). The molecule has 152 valence electrons. The van der Waals surface area contributed by atoms with E-state index in [2.05, 4.69) is 5.16 Å². The van der Waals surface area contributed by atoms with Crippen LogP contribution in [0.3, 0.4) is 0 Å². The Kier molecular flexibility index (Phi) is 5.61. The van der Waals surface area contributed by atoms with E-state index in [-0.39, 0.29) is 19.2 Å². The molecular weight excluding hydrogens is 386 g/mol. The summed E-state index contributed by atoms with van der Waals surface area (Å²) in [6, 6.07) is 18.5. The third-order valence-corrected chi connectivity index (χ3v) is 4.61. The zero-order valence-corrected chi connectivity index (χ0v) is 16.3. The molecule has 0 saturated carbocycles. The zero-order valence-electron chi connectivity index (χ0n) is 16.3. The number of nitrogens with zero attached hydrogens (tertiary/aromatic N) is 1. The van der Waals surface area contributed by atoms with Gasteiger partial charge in [-0.15, -0.1) is 0 Å². The van der Waals surface area contributed by atoms with Gasteiger partial charge in [0.1, 0.15) is 0 Å². The van der Waals surface area contributed by atoms with Crippen molar-refractivity contribution < 1.29 is 28.6 Å². The molecule has 1 aliphatic rings. The number of hydrogen-bond donors (Lipinski definition) is 0. The maximum atomic E-state index is 12.3. The van der Waals surface area contributed by atoms with Crippen LogP contribution in [0.2, 0.25) is 0 Å². The van der Waals surface area contributed by atoms with E-state index in [0.717, 1.165) is 16.3 Å². The van der Waals surface area contributed by atoms with Gasteiger partial charge in [0, 0.05) is 11.1 Å². The van der Waals surface area contributed by atoms with Crippen LogP contribution >= 0.6 is 0 Å². The van der Waals surface area contributed by atoms with Crippen LogP contribution in [-0.4, -0.2) is 37.5 Å². The van der Waals surface area contributed by atoms with Crippen LogP contribution in [0, 0.1) is 0 Å². The Balaban J connectivity index is 1.27. The van der Waals surface area contributed by atoms with E-state index < -0.39 is 12.6 Å². The topological polar surface area (TPSA) is 83.4 Å². The van der Waals surface area contributed by atoms with E-state index in [9.17, 15) is 9.59 Å². The first-order valence-corrected chi connectivity index (χ1v) is 9.34. The van der Waals surface area contributed by atoms with Crippen LogP contribution in [0.1, 0.15) is 22.8 Å². The van der Waals surface area contributed by atoms with Crippen LogP contribution < -0.4 is 9.47 Å². The lowest BCUT2D eigenvalue weighted by atomic mass is 10.0. The van der Waals surface area contributed by atoms with Crippen molar-refractivity contribution in [1.29, 1.82) is 0 Å². The van der Waals surface area contributed by atoms with E-state index in [1.54, 1.807) is 31.2 Å². The highest BCUT2D eigenvalue weighted by Crippen LogP contribution is 2.32. The van der Waals surface area contributed by atoms with Crippen LogP contribution in [0.4, 0.5) is 0 Å². The van der Waals surface area contributed by atoms with Gasteiger partial charge in [0.05, 0.1) is 5.71 Å². The summed E-state index contributed by atoms with van der Waals surface area (Å²) < 4.78 is 15.6. The number of ether oxygens (including phenoxy) is 3. The Hall–Kier alpha value is -3.87. The summed E-state index contributed by atoms with van der Waals surface area (Å²) in [5.74, 6) is 0.348. The number of Topliss-reactive ketones (excluding diaryl/α,β-unsaturated/α-hetero) is 1. The quantitative estimate of drug-likeness (QED) is 0.258. The Morgan fingerprint density at radius 3 is 2.53 bits per heavy atom. The lowest BCUT2D eigenvalue weighted by molar-refractivity contribution is -0.147. The fraction of sp³-hybridized carbons (Fsp3) is 0.174. The van der Waals surface area contributed by atoms with Crippen molar-refractivity contribution >= 4 is 28.2 Å². The zero-order chi connectivity index (χ0) is 20.9. The summed E-state index contributed by atoms with van der Waals surface area (Å²) in [5.41, 5.74) is 1.83. The molecule has 0 radical (unpaired) electrons. The molecule has 0 N–H and O–H groups in total. The monoisotopic (exact) mass is 405 g/mol. The van der Waals surface area contributed by atoms with Crippen molar-refractivity contribution in [2.75, 3.05) is 20.0 Å². The predicted molar refractivity (Wildman–Crippen MR) is 110 cm³/mol. The van der Waals surface area contributed by atoms with Crippen molar-refractivity contribution in [3.05, 3.63) is 71.8 Å². The average molecular weight is 405 g/mol. The minimum absolute atomic E-state index is 0.190. The number of oxime groups is 1. The van der Waals surface area contributed by atoms with E-state index in [4.69, 9.17) is 19.0 Å². The standard InChI is InChI=1S/C23H19NO6/c1-15(17-8-9-21-22(11-17)29-14-28-21)24-30-13-23(26)27-12-20(25)19-7-6-16-4-2-3-5-18(16)10-19/h2-11H,12-14H2,1H3/b24-15+. The van der Waals surface area contributed by atoms with Crippen LogP contribution in [-0.2, 0) is 14.4 Å². The third-order valence-electron chi connectivity index (χ3n) is 4.61. The minimum Gasteiger partial charge on any atom is -0.455 e. The number of hydrogen-bond acceptors (Lipinski definition) is 7. The number of rotatable bonds is 7. The lowest BCUT2D eigenvalue weighted by Gasteiger charge is -2.06. The van der Waals surface area contributed by atoms with Crippen molar-refractivity contribution in [3.8, 4) is 11.5 Å². The van der Waals surface area contributed by atoms with Gasteiger partial charge in [-0.1, -0.05) is 41.6 Å². The average Bonchev–Trinajstić information content (AvgIpc) is 3.25. The molecule has 0 aromatic heterocycles. The molecule has 1 heterocycles. The molecular formula is C23H19NO6. The molecule has 30 heavy (non-hydrogen) atoms. The first-order chi connectivity index (χ1) is 14.6. The molecule has 7 nitrogen and oxygen atoms in total. The van der Waals surface area contributed by atoms with Crippen molar-refractivity contribution in [1.82, 2.24) is 0 Å². The van der Waals surface area contributed by atoms with Crippen LogP contribution in [0.15, 0.2) is 65.8 Å². The third kappa shape index (κ3) is 4.41. The van der Waals surface area contributed by atoms with Gasteiger partial charge in [0.2, 0.25) is 13.4 Å². The Labute approximate surface area is 172 Å². The number of benzene rings is 3. The number of ketones is 1.